The van der Waals surface area contributed by atoms with Crippen molar-refractivity contribution in [2.75, 3.05) is 0 Å². The van der Waals surface area contributed by atoms with Gasteiger partial charge in [0.25, 0.3) is 5.19 Å². The lowest BCUT2D eigenvalue weighted by Crippen LogP contribution is -2.26. The van der Waals surface area contributed by atoms with Crippen LogP contribution in [0.4, 0.5) is 0 Å². The molecule has 1 aromatic heterocycles. The number of hydrogen-bond acceptors (Lipinski definition) is 4. The van der Waals surface area contributed by atoms with E-state index in [0.29, 0.717) is 16.4 Å². The largest absolute Gasteiger partial charge is 0.464 e. The SMILES string of the molecule is CCC(C)(C)Oc1nc(Cl)c(C=O)s1. The molecule has 1 rings (SSSR count). The van der Waals surface area contributed by atoms with E-state index in [-0.39, 0.29) is 10.8 Å². The van der Waals surface area contributed by atoms with Gasteiger partial charge in [-0.3, -0.25) is 4.79 Å². The smallest absolute Gasteiger partial charge is 0.275 e. The van der Waals surface area contributed by atoms with Crippen LogP contribution in [-0.4, -0.2) is 16.9 Å². The maximum Gasteiger partial charge on any atom is 0.275 e. The quantitative estimate of drug-likeness (QED) is 0.750. The highest BCUT2D eigenvalue weighted by molar-refractivity contribution is 7.15. The van der Waals surface area contributed by atoms with Crippen molar-refractivity contribution in [1.29, 1.82) is 0 Å². The predicted octanol–water partition coefficient (Wildman–Crippen LogP) is 3.18. The third-order valence-corrected chi connectivity index (χ3v) is 3.17. The molecule has 0 amide bonds. The fraction of sp³-hybridized carbons (Fsp3) is 0.556. The molecular formula is C9H12ClNO2S. The molecule has 0 aliphatic carbocycles. The van der Waals surface area contributed by atoms with E-state index in [9.17, 15) is 4.79 Å². The van der Waals surface area contributed by atoms with Crippen LogP contribution in [0.1, 0.15) is 36.9 Å². The van der Waals surface area contributed by atoms with Crippen LogP contribution in [0.25, 0.3) is 0 Å². The van der Waals surface area contributed by atoms with Crippen molar-refractivity contribution in [3.05, 3.63) is 10.0 Å². The van der Waals surface area contributed by atoms with Crippen molar-refractivity contribution in [1.82, 2.24) is 4.98 Å². The topological polar surface area (TPSA) is 39.2 Å². The van der Waals surface area contributed by atoms with Crippen LogP contribution in [0, 0.1) is 0 Å². The summed E-state index contributed by atoms with van der Waals surface area (Å²) in [4.78, 5) is 14.9. The van der Waals surface area contributed by atoms with E-state index < -0.39 is 0 Å². The van der Waals surface area contributed by atoms with Crippen molar-refractivity contribution in [3.63, 3.8) is 0 Å². The number of hydrogen-bond donors (Lipinski definition) is 0. The van der Waals surface area contributed by atoms with Crippen LogP contribution in [0.2, 0.25) is 5.15 Å². The van der Waals surface area contributed by atoms with Crippen LogP contribution in [0.5, 0.6) is 5.19 Å². The number of thiazole rings is 1. The number of rotatable bonds is 4. The molecule has 3 nitrogen and oxygen atoms in total. The average molecular weight is 234 g/mol. The van der Waals surface area contributed by atoms with Crippen LogP contribution in [0.3, 0.4) is 0 Å². The van der Waals surface area contributed by atoms with Crippen molar-refractivity contribution >= 4 is 29.2 Å². The number of nitrogens with zero attached hydrogens (tertiary/aromatic N) is 1. The lowest BCUT2D eigenvalue weighted by molar-refractivity contribution is 0.105. The highest BCUT2D eigenvalue weighted by Gasteiger charge is 2.20. The highest BCUT2D eigenvalue weighted by Crippen LogP contribution is 2.30. The second-order valence-corrected chi connectivity index (χ2v) is 4.82. The Morgan fingerprint density at radius 3 is 2.71 bits per heavy atom. The van der Waals surface area contributed by atoms with Gasteiger partial charge in [-0.25, -0.2) is 0 Å². The molecule has 0 saturated heterocycles. The fourth-order valence-electron chi connectivity index (χ4n) is 0.719. The van der Waals surface area contributed by atoms with Crippen LogP contribution >= 0.6 is 22.9 Å². The van der Waals surface area contributed by atoms with E-state index in [1.54, 1.807) is 0 Å². The zero-order valence-electron chi connectivity index (χ0n) is 8.33. The van der Waals surface area contributed by atoms with Gasteiger partial charge in [0.1, 0.15) is 10.5 Å². The molecule has 1 aromatic rings. The van der Waals surface area contributed by atoms with Gasteiger partial charge >= 0.3 is 0 Å². The standard InChI is InChI=1S/C9H12ClNO2S/c1-4-9(2,3)13-8-11-7(10)6(5-12)14-8/h5H,4H2,1-3H3. The van der Waals surface area contributed by atoms with Gasteiger partial charge in [0.15, 0.2) is 11.4 Å². The number of aldehydes is 1. The number of aromatic nitrogens is 1. The van der Waals surface area contributed by atoms with Crippen molar-refractivity contribution in [3.8, 4) is 5.19 Å². The second kappa shape index (κ2) is 4.28. The summed E-state index contributed by atoms with van der Waals surface area (Å²) in [6.45, 7) is 5.95. The third-order valence-electron chi connectivity index (χ3n) is 1.91. The summed E-state index contributed by atoms with van der Waals surface area (Å²) in [5.74, 6) is 0. The summed E-state index contributed by atoms with van der Waals surface area (Å²) in [6.07, 6.45) is 1.55. The Morgan fingerprint density at radius 1 is 1.64 bits per heavy atom. The Morgan fingerprint density at radius 2 is 2.29 bits per heavy atom. The number of carbonyl (C=O) groups excluding carboxylic acids is 1. The zero-order valence-corrected chi connectivity index (χ0v) is 9.91. The fourth-order valence-corrected chi connectivity index (χ4v) is 1.78. The van der Waals surface area contributed by atoms with E-state index in [1.807, 2.05) is 20.8 Å². The van der Waals surface area contributed by atoms with Gasteiger partial charge in [-0.1, -0.05) is 29.9 Å². The highest BCUT2D eigenvalue weighted by atomic mass is 35.5. The number of ether oxygens (including phenoxy) is 1. The molecule has 0 fully saturated rings. The van der Waals surface area contributed by atoms with Gasteiger partial charge in [-0.05, 0) is 20.3 Å². The summed E-state index contributed by atoms with van der Waals surface area (Å²) < 4.78 is 5.58. The molecule has 78 valence electrons. The Labute approximate surface area is 92.1 Å². The minimum atomic E-state index is -0.276. The average Bonchev–Trinajstić information content (AvgIpc) is 2.45. The van der Waals surface area contributed by atoms with E-state index >= 15 is 0 Å². The predicted molar refractivity (Wildman–Crippen MR) is 57.5 cm³/mol. The maximum atomic E-state index is 10.5. The monoisotopic (exact) mass is 233 g/mol. The molecule has 0 spiro atoms. The first-order valence-electron chi connectivity index (χ1n) is 4.29. The molecule has 0 aliphatic heterocycles. The van der Waals surface area contributed by atoms with E-state index in [0.717, 1.165) is 6.42 Å². The minimum Gasteiger partial charge on any atom is -0.464 e. The van der Waals surface area contributed by atoms with Crippen LogP contribution < -0.4 is 4.74 Å². The van der Waals surface area contributed by atoms with Gasteiger partial charge in [0.2, 0.25) is 0 Å². The van der Waals surface area contributed by atoms with Crippen molar-refractivity contribution < 1.29 is 9.53 Å². The zero-order chi connectivity index (χ0) is 10.8. The normalized spacial score (nSPS) is 11.4. The van der Waals surface area contributed by atoms with Gasteiger partial charge in [-0.15, -0.1) is 0 Å². The molecule has 0 atom stereocenters. The summed E-state index contributed by atoms with van der Waals surface area (Å²) in [7, 11) is 0. The summed E-state index contributed by atoms with van der Waals surface area (Å²) >= 11 is 6.87. The van der Waals surface area contributed by atoms with E-state index in [1.165, 1.54) is 11.3 Å². The number of halogens is 1. The van der Waals surface area contributed by atoms with E-state index in [4.69, 9.17) is 16.3 Å². The Kier molecular flexibility index (Phi) is 3.50. The molecule has 0 aliphatic rings. The first-order valence-corrected chi connectivity index (χ1v) is 5.48. The third kappa shape index (κ3) is 2.69. The van der Waals surface area contributed by atoms with Crippen LogP contribution in [0.15, 0.2) is 0 Å². The molecule has 0 N–H and O–H groups in total. The molecule has 0 radical (unpaired) electrons. The summed E-state index contributed by atoms with van der Waals surface area (Å²) in [6, 6.07) is 0. The molecule has 0 unspecified atom stereocenters. The molecule has 0 saturated carbocycles. The lowest BCUT2D eigenvalue weighted by atomic mass is 10.1. The van der Waals surface area contributed by atoms with Crippen molar-refractivity contribution in [2.24, 2.45) is 0 Å². The van der Waals surface area contributed by atoms with Crippen molar-refractivity contribution in [2.45, 2.75) is 32.8 Å². The molecular weight excluding hydrogens is 222 g/mol. The Balaban J connectivity index is 2.82. The first-order chi connectivity index (χ1) is 6.48. The Hall–Kier alpha value is -0.610. The molecule has 5 heteroatoms. The summed E-state index contributed by atoms with van der Waals surface area (Å²) in [5.41, 5.74) is -0.276. The molecule has 14 heavy (non-hydrogen) atoms. The van der Waals surface area contributed by atoms with Crippen LogP contribution in [-0.2, 0) is 0 Å². The summed E-state index contributed by atoms with van der Waals surface area (Å²) in [5, 5.41) is 0.663. The lowest BCUT2D eigenvalue weighted by Gasteiger charge is -2.22. The molecule has 0 bridgehead atoms. The van der Waals surface area contributed by atoms with E-state index in [2.05, 4.69) is 4.98 Å². The van der Waals surface area contributed by atoms with Gasteiger partial charge in [-0.2, -0.15) is 4.98 Å². The minimum absolute atomic E-state index is 0.215. The van der Waals surface area contributed by atoms with Gasteiger partial charge < -0.3 is 4.74 Å². The molecule has 0 aromatic carbocycles. The molecule has 1 heterocycles. The first kappa shape index (κ1) is 11.5. The number of carbonyl (C=O) groups is 1. The second-order valence-electron chi connectivity index (χ2n) is 3.47. The van der Waals surface area contributed by atoms with Gasteiger partial charge in [0.05, 0.1) is 0 Å². The Bertz CT molecular complexity index is 336. The maximum absolute atomic E-state index is 10.5. The van der Waals surface area contributed by atoms with Gasteiger partial charge in [0, 0.05) is 0 Å².